The Morgan fingerprint density at radius 2 is 1.78 bits per heavy atom. The molecule has 1 aliphatic rings. The molecule has 0 spiro atoms. The summed E-state index contributed by atoms with van der Waals surface area (Å²) in [7, 11) is 0. The van der Waals surface area contributed by atoms with Crippen molar-refractivity contribution < 1.29 is 22.7 Å². The molecule has 1 atom stereocenters. The lowest BCUT2D eigenvalue weighted by Gasteiger charge is -2.38. The molecular formula is C29H35F3N2O2. The number of para-hydroxylation sites is 1. The smallest absolute Gasteiger partial charge is 0.135 e. The first kappa shape index (κ1) is 26.3. The van der Waals surface area contributed by atoms with Gasteiger partial charge in [0.25, 0.3) is 0 Å². The van der Waals surface area contributed by atoms with E-state index in [0.29, 0.717) is 31.7 Å². The summed E-state index contributed by atoms with van der Waals surface area (Å²) in [5.74, 6) is -1.24. The summed E-state index contributed by atoms with van der Waals surface area (Å²) < 4.78 is 51.4. The number of carbonyl (C=O) groups is 1. The molecule has 0 radical (unpaired) electrons. The van der Waals surface area contributed by atoms with Gasteiger partial charge in [-0.1, -0.05) is 37.5 Å². The van der Waals surface area contributed by atoms with Gasteiger partial charge in [-0.15, -0.1) is 0 Å². The zero-order valence-electron chi connectivity index (χ0n) is 21.1. The summed E-state index contributed by atoms with van der Waals surface area (Å²) in [6.45, 7) is 3.88. The van der Waals surface area contributed by atoms with Crippen LogP contribution in [0, 0.1) is 11.6 Å². The second-order valence-corrected chi connectivity index (χ2v) is 10.3. The van der Waals surface area contributed by atoms with E-state index in [0.717, 1.165) is 54.9 Å². The van der Waals surface area contributed by atoms with Gasteiger partial charge in [0.05, 0.1) is 12.6 Å². The largest absolute Gasteiger partial charge is 0.493 e. The van der Waals surface area contributed by atoms with Crippen LogP contribution in [0.15, 0.2) is 36.4 Å². The zero-order valence-corrected chi connectivity index (χ0v) is 21.1. The molecule has 0 bridgehead atoms. The molecule has 0 saturated carbocycles. The average molecular weight is 501 g/mol. The van der Waals surface area contributed by atoms with Gasteiger partial charge in [-0.25, -0.2) is 13.2 Å². The number of ether oxygens (including phenoxy) is 1. The van der Waals surface area contributed by atoms with Crippen molar-refractivity contribution in [2.45, 2.75) is 70.5 Å². The number of halogens is 3. The van der Waals surface area contributed by atoms with E-state index in [1.807, 2.05) is 29.2 Å². The lowest BCUT2D eigenvalue weighted by atomic mass is 9.90. The average Bonchev–Trinajstić information content (AvgIpc) is 3.19. The highest BCUT2D eigenvalue weighted by Gasteiger charge is 2.37. The summed E-state index contributed by atoms with van der Waals surface area (Å²) in [6, 6.07) is 9.51. The van der Waals surface area contributed by atoms with Crippen molar-refractivity contribution >= 4 is 17.2 Å². The third-order valence-electron chi connectivity index (χ3n) is 6.77. The molecule has 0 amide bonds. The van der Waals surface area contributed by atoms with Gasteiger partial charge >= 0.3 is 0 Å². The number of aromatic amines is 1. The summed E-state index contributed by atoms with van der Waals surface area (Å²) in [4.78, 5) is 15.5. The van der Waals surface area contributed by atoms with E-state index in [1.165, 1.54) is 26.0 Å². The normalized spacial score (nSPS) is 16.3. The van der Waals surface area contributed by atoms with Crippen LogP contribution in [0.25, 0.3) is 10.9 Å². The number of aldehydes is 1. The number of alkyl halides is 1. The minimum absolute atomic E-state index is 0.0520. The number of aromatic nitrogens is 1. The lowest BCUT2D eigenvalue weighted by molar-refractivity contribution is -0.107. The molecule has 0 saturated heterocycles. The highest BCUT2D eigenvalue weighted by molar-refractivity contribution is 5.85. The molecule has 7 heteroatoms. The first-order chi connectivity index (χ1) is 17.3. The summed E-state index contributed by atoms with van der Waals surface area (Å²) in [5.41, 5.74) is 1.03. The standard InChI is InChI=1S/C29H35F3N2O2/c1-29(2,32)19-34-14-13-22-21-11-7-8-12-25(21)33-27(22)28(34)26-23(30)17-20(18-24(26)31)36-16-10-6-4-3-5-9-15-35/h7-8,11-12,15,17-18,28,33H,3-6,9-10,13-14,16,19H2,1-2H3. The van der Waals surface area contributed by atoms with Crippen molar-refractivity contribution in [2.75, 3.05) is 19.7 Å². The Balaban J connectivity index is 1.56. The van der Waals surface area contributed by atoms with Crippen molar-refractivity contribution in [3.05, 3.63) is 64.9 Å². The van der Waals surface area contributed by atoms with Crippen molar-refractivity contribution in [3.63, 3.8) is 0 Å². The van der Waals surface area contributed by atoms with Gasteiger partial charge in [0.15, 0.2) is 0 Å². The van der Waals surface area contributed by atoms with Gasteiger partial charge < -0.3 is 14.5 Å². The maximum atomic E-state index is 15.5. The van der Waals surface area contributed by atoms with E-state index in [4.69, 9.17) is 4.74 Å². The molecule has 3 aromatic rings. The van der Waals surface area contributed by atoms with E-state index in [1.54, 1.807) is 0 Å². The molecule has 1 aromatic heterocycles. The molecule has 194 valence electrons. The maximum Gasteiger partial charge on any atom is 0.135 e. The number of H-pyrrole nitrogens is 1. The molecule has 36 heavy (non-hydrogen) atoms. The monoisotopic (exact) mass is 500 g/mol. The third kappa shape index (κ3) is 6.12. The Labute approximate surface area is 210 Å². The van der Waals surface area contributed by atoms with Crippen LogP contribution in [0.5, 0.6) is 5.75 Å². The number of carbonyl (C=O) groups excluding carboxylic acids is 1. The number of benzene rings is 2. The first-order valence-electron chi connectivity index (χ1n) is 12.9. The second-order valence-electron chi connectivity index (χ2n) is 10.3. The highest BCUT2D eigenvalue weighted by atomic mass is 19.1. The van der Waals surface area contributed by atoms with Gasteiger partial charge in [0, 0.05) is 53.8 Å². The van der Waals surface area contributed by atoms with Crippen LogP contribution in [0.2, 0.25) is 0 Å². The Hall–Kier alpha value is -2.80. The van der Waals surface area contributed by atoms with Gasteiger partial charge in [0.1, 0.15) is 29.3 Å². The number of nitrogens with zero attached hydrogens (tertiary/aromatic N) is 1. The minimum Gasteiger partial charge on any atom is -0.493 e. The molecule has 0 fully saturated rings. The van der Waals surface area contributed by atoms with Gasteiger partial charge in [-0.2, -0.15) is 0 Å². The van der Waals surface area contributed by atoms with Crippen LogP contribution in [0.4, 0.5) is 13.2 Å². The van der Waals surface area contributed by atoms with E-state index in [-0.39, 0.29) is 17.9 Å². The fraction of sp³-hybridized carbons (Fsp3) is 0.483. The number of fused-ring (bicyclic) bond motifs is 3. The molecule has 1 aliphatic heterocycles. The van der Waals surface area contributed by atoms with Crippen LogP contribution in [-0.2, 0) is 11.2 Å². The SMILES string of the molecule is CC(C)(F)CN1CCc2c([nH]c3ccccc23)C1c1c(F)cc(OCCCCCCCC=O)cc1F. The second kappa shape index (κ2) is 11.5. The van der Waals surface area contributed by atoms with E-state index < -0.39 is 23.3 Å². The Morgan fingerprint density at radius 3 is 2.50 bits per heavy atom. The van der Waals surface area contributed by atoms with Gasteiger partial charge in [-0.05, 0) is 44.7 Å². The van der Waals surface area contributed by atoms with Crippen LogP contribution < -0.4 is 4.74 Å². The summed E-state index contributed by atoms with van der Waals surface area (Å²) in [6.07, 6.45) is 6.76. The van der Waals surface area contributed by atoms with Crippen molar-refractivity contribution in [1.29, 1.82) is 0 Å². The van der Waals surface area contributed by atoms with Gasteiger partial charge in [-0.3, -0.25) is 4.90 Å². The molecule has 2 aromatic carbocycles. The molecule has 1 N–H and O–H groups in total. The number of nitrogens with one attached hydrogen (secondary N) is 1. The fourth-order valence-electron chi connectivity index (χ4n) is 5.23. The quantitative estimate of drug-likeness (QED) is 0.214. The van der Waals surface area contributed by atoms with Crippen LogP contribution in [0.3, 0.4) is 0 Å². The summed E-state index contributed by atoms with van der Waals surface area (Å²) in [5, 5.41) is 1.03. The molecule has 4 rings (SSSR count). The number of rotatable bonds is 12. The van der Waals surface area contributed by atoms with Crippen molar-refractivity contribution in [3.8, 4) is 5.75 Å². The molecule has 2 heterocycles. The minimum atomic E-state index is -1.52. The number of unbranched alkanes of at least 4 members (excludes halogenated alkanes) is 5. The van der Waals surface area contributed by atoms with Crippen LogP contribution >= 0.6 is 0 Å². The predicted molar refractivity (Wildman–Crippen MR) is 136 cm³/mol. The predicted octanol–water partition coefficient (Wildman–Crippen LogP) is 7.06. The molecule has 1 unspecified atom stereocenters. The maximum absolute atomic E-state index is 15.5. The Morgan fingerprint density at radius 1 is 1.08 bits per heavy atom. The van der Waals surface area contributed by atoms with E-state index in [2.05, 4.69) is 4.98 Å². The van der Waals surface area contributed by atoms with Crippen LogP contribution in [0.1, 0.15) is 75.2 Å². The molecule has 0 aliphatic carbocycles. The Bertz CT molecular complexity index is 1160. The highest BCUT2D eigenvalue weighted by Crippen LogP contribution is 2.41. The number of hydrogen-bond donors (Lipinski definition) is 1. The van der Waals surface area contributed by atoms with Crippen molar-refractivity contribution in [1.82, 2.24) is 9.88 Å². The fourth-order valence-corrected chi connectivity index (χ4v) is 5.23. The lowest BCUT2D eigenvalue weighted by Crippen LogP contribution is -2.43. The zero-order chi connectivity index (χ0) is 25.7. The first-order valence-corrected chi connectivity index (χ1v) is 12.9. The van der Waals surface area contributed by atoms with Gasteiger partial charge in [0.2, 0.25) is 0 Å². The third-order valence-corrected chi connectivity index (χ3v) is 6.77. The molecule has 4 nitrogen and oxygen atoms in total. The van der Waals surface area contributed by atoms with Crippen LogP contribution in [-0.4, -0.2) is 41.5 Å². The molecular weight excluding hydrogens is 465 g/mol. The Kier molecular flexibility index (Phi) is 8.39. The van der Waals surface area contributed by atoms with E-state index in [9.17, 15) is 9.18 Å². The van der Waals surface area contributed by atoms with E-state index >= 15 is 8.78 Å². The number of hydrogen-bond acceptors (Lipinski definition) is 3. The topological polar surface area (TPSA) is 45.3 Å². The summed E-state index contributed by atoms with van der Waals surface area (Å²) >= 11 is 0. The van der Waals surface area contributed by atoms with Crippen molar-refractivity contribution in [2.24, 2.45) is 0 Å².